The molecule has 0 radical (unpaired) electrons. The van der Waals surface area contributed by atoms with Crippen LogP contribution in [0.25, 0.3) is 21.9 Å². The Morgan fingerprint density at radius 3 is 2.15 bits per heavy atom. The lowest BCUT2D eigenvalue weighted by atomic mass is 10.0. The number of rotatable bonds is 8. The van der Waals surface area contributed by atoms with Gasteiger partial charge in [0.1, 0.15) is 41.3 Å². The Morgan fingerprint density at radius 2 is 1.52 bits per heavy atom. The summed E-state index contributed by atoms with van der Waals surface area (Å²) in [5.74, 6) is 0.235. The molecular formula is C23H29NO9. The topological polar surface area (TPSA) is 165 Å². The first-order valence-corrected chi connectivity index (χ1v) is 10.5. The molecule has 33 heavy (non-hydrogen) atoms. The molecule has 0 saturated carbocycles. The smallest absolute Gasteiger partial charge is 0.340 e. The average molecular weight is 463 g/mol. The van der Waals surface area contributed by atoms with Gasteiger partial charge in [-0.05, 0) is 38.0 Å². The van der Waals surface area contributed by atoms with Crippen LogP contribution in [0.15, 0.2) is 25.8 Å². The fourth-order valence-electron chi connectivity index (χ4n) is 3.77. The van der Waals surface area contributed by atoms with Crippen LogP contribution in [0, 0.1) is 20.8 Å². The Bertz CT molecular complexity index is 1230. The third-order valence-electron chi connectivity index (χ3n) is 6.12. The third kappa shape index (κ3) is 4.80. The summed E-state index contributed by atoms with van der Waals surface area (Å²) < 4.78 is 11.1. The number of aliphatic hydroxyl groups is 5. The molecule has 0 spiro atoms. The number of fused-ring (bicyclic) bond motifs is 2. The van der Waals surface area contributed by atoms with Crippen molar-refractivity contribution in [3.8, 4) is 0 Å². The third-order valence-corrected chi connectivity index (χ3v) is 6.12. The van der Waals surface area contributed by atoms with E-state index in [4.69, 9.17) is 13.9 Å². The zero-order chi connectivity index (χ0) is 24.6. The highest BCUT2D eigenvalue weighted by molar-refractivity contribution is 5.97. The molecule has 1 amide bonds. The van der Waals surface area contributed by atoms with E-state index < -0.39 is 42.6 Å². The van der Waals surface area contributed by atoms with E-state index in [-0.39, 0.29) is 18.5 Å². The van der Waals surface area contributed by atoms with Crippen molar-refractivity contribution in [2.45, 2.75) is 51.6 Å². The maximum absolute atomic E-state index is 12.7. The van der Waals surface area contributed by atoms with Crippen LogP contribution in [0.3, 0.4) is 0 Å². The van der Waals surface area contributed by atoms with E-state index in [1.54, 1.807) is 13.0 Å². The summed E-state index contributed by atoms with van der Waals surface area (Å²) in [6.07, 6.45) is -7.12. The minimum atomic E-state index is -1.80. The fraction of sp³-hybridized carbons (Fsp3) is 0.478. The van der Waals surface area contributed by atoms with Crippen molar-refractivity contribution in [3.63, 3.8) is 0 Å². The van der Waals surface area contributed by atoms with Gasteiger partial charge in [-0.1, -0.05) is 0 Å². The van der Waals surface area contributed by atoms with Crippen molar-refractivity contribution in [1.82, 2.24) is 4.90 Å². The molecule has 180 valence electrons. The van der Waals surface area contributed by atoms with Crippen LogP contribution in [0.4, 0.5) is 0 Å². The quantitative estimate of drug-likeness (QED) is 0.287. The molecule has 0 bridgehead atoms. The molecule has 3 rings (SSSR count). The van der Waals surface area contributed by atoms with Crippen LogP contribution >= 0.6 is 0 Å². The number of benzene rings is 1. The minimum Gasteiger partial charge on any atom is -0.461 e. The summed E-state index contributed by atoms with van der Waals surface area (Å²) in [4.78, 5) is 26.4. The fourth-order valence-corrected chi connectivity index (χ4v) is 3.77. The van der Waals surface area contributed by atoms with E-state index in [1.165, 1.54) is 7.05 Å². The number of likely N-dealkylation sites (N-methyl/N-ethyl adjacent to an activating group) is 1. The van der Waals surface area contributed by atoms with Crippen LogP contribution in [-0.2, 0) is 11.2 Å². The molecule has 2 aromatic heterocycles. The van der Waals surface area contributed by atoms with Crippen LogP contribution in [0.2, 0.25) is 0 Å². The highest BCUT2D eigenvalue weighted by Gasteiger charge is 2.31. The molecule has 5 N–H and O–H groups in total. The molecule has 0 aliphatic carbocycles. The number of aliphatic hydroxyl groups excluding tert-OH is 5. The summed E-state index contributed by atoms with van der Waals surface area (Å²) in [6, 6.07) is 3.51. The molecule has 0 fully saturated rings. The van der Waals surface area contributed by atoms with E-state index >= 15 is 0 Å². The first-order valence-electron chi connectivity index (χ1n) is 10.5. The SMILES string of the molecule is Cc1oc2cc3oc(=O)c(CC(=O)N(C)C[C@H](O)[C@H](O)[C@H](O)[C@H](O)CO)c(C)c3cc2c1C. The monoisotopic (exact) mass is 463 g/mol. The number of carbonyl (C=O) groups excluding carboxylic acids is 1. The van der Waals surface area contributed by atoms with Gasteiger partial charge in [-0.3, -0.25) is 4.79 Å². The standard InChI is InChI=1S/C23H29NO9/c1-10-12(3)32-18-7-19-14(5-13(10)18)11(2)15(23(31)33-19)6-20(28)24(4)8-16(26)21(29)22(30)17(27)9-25/h5,7,16-17,21-22,25-27,29-30H,6,8-9H2,1-4H3/t16-,17+,21-,22+/m0/s1. The van der Waals surface area contributed by atoms with Gasteiger partial charge < -0.3 is 39.3 Å². The van der Waals surface area contributed by atoms with E-state index in [1.807, 2.05) is 19.9 Å². The van der Waals surface area contributed by atoms with Crippen LogP contribution < -0.4 is 5.63 Å². The van der Waals surface area contributed by atoms with Crippen LogP contribution in [0.1, 0.15) is 22.5 Å². The van der Waals surface area contributed by atoms with Gasteiger partial charge in [-0.15, -0.1) is 0 Å². The predicted octanol–water partition coefficient (Wildman–Crippen LogP) is -0.0987. The largest absolute Gasteiger partial charge is 0.461 e. The van der Waals surface area contributed by atoms with Crippen molar-refractivity contribution in [3.05, 3.63) is 45.0 Å². The van der Waals surface area contributed by atoms with Crippen molar-refractivity contribution >= 4 is 27.8 Å². The zero-order valence-electron chi connectivity index (χ0n) is 18.9. The molecular weight excluding hydrogens is 434 g/mol. The van der Waals surface area contributed by atoms with Crippen molar-refractivity contribution in [2.75, 3.05) is 20.2 Å². The van der Waals surface area contributed by atoms with Gasteiger partial charge in [-0.25, -0.2) is 4.79 Å². The Labute approximate surface area is 189 Å². The van der Waals surface area contributed by atoms with Crippen LogP contribution in [-0.4, -0.2) is 81.0 Å². The van der Waals surface area contributed by atoms with Crippen molar-refractivity contribution in [1.29, 1.82) is 0 Å². The second-order valence-corrected chi connectivity index (χ2v) is 8.37. The summed E-state index contributed by atoms with van der Waals surface area (Å²) >= 11 is 0. The van der Waals surface area contributed by atoms with Gasteiger partial charge in [0.05, 0.1) is 18.6 Å². The molecule has 3 aromatic rings. The van der Waals surface area contributed by atoms with Gasteiger partial charge in [0, 0.05) is 30.4 Å². The molecule has 10 nitrogen and oxygen atoms in total. The first kappa shape index (κ1) is 24.9. The predicted molar refractivity (Wildman–Crippen MR) is 119 cm³/mol. The summed E-state index contributed by atoms with van der Waals surface area (Å²) in [5.41, 5.74) is 2.01. The molecule has 0 unspecified atom stereocenters. The number of nitrogens with zero attached hydrogens (tertiary/aromatic N) is 1. The summed E-state index contributed by atoms with van der Waals surface area (Å²) in [7, 11) is 1.37. The normalized spacial score (nSPS) is 15.5. The molecule has 1 aromatic carbocycles. The van der Waals surface area contributed by atoms with Crippen molar-refractivity contribution in [2.24, 2.45) is 0 Å². The average Bonchev–Trinajstić information content (AvgIpc) is 3.06. The van der Waals surface area contributed by atoms with Gasteiger partial charge >= 0.3 is 5.63 Å². The Kier molecular flexibility index (Phi) is 7.25. The number of hydrogen-bond donors (Lipinski definition) is 5. The van der Waals surface area contributed by atoms with E-state index in [9.17, 15) is 30.0 Å². The second kappa shape index (κ2) is 9.62. The van der Waals surface area contributed by atoms with Gasteiger partial charge in [0.25, 0.3) is 0 Å². The zero-order valence-corrected chi connectivity index (χ0v) is 18.9. The van der Waals surface area contributed by atoms with Crippen LogP contribution in [0.5, 0.6) is 0 Å². The lowest BCUT2D eigenvalue weighted by Crippen LogP contribution is -2.50. The second-order valence-electron chi connectivity index (χ2n) is 8.37. The molecule has 10 heteroatoms. The summed E-state index contributed by atoms with van der Waals surface area (Å²) in [5, 5.41) is 49.6. The molecule has 4 atom stereocenters. The molecule has 0 aliphatic rings. The highest BCUT2D eigenvalue weighted by Crippen LogP contribution is 2.31. The Balaban J connectivity index is 1.83. The lowest BCUT2D eigenvalue weighted by Gasteiger charge is -2.28. The maximum Gasteiger partial charge on any atom is 0.340 e. The van der Waals surface area contributed by atoms with E-state index in [2.05, 4.69) is 0 Å². The maximum atomic E-state index is 12.7. The van der Waals surface area contributed by atoms with Crippen molar-refractivity contribution < 1.29 is 39.2 Å². The van der Waals surface area contributed by atoms with Gasteiger partial charge in [0.15, 0.2) is 0 Å². The summed E-state index contributed by atoms with van der Waals surface area (Å²) in [6.45, 7) is 4.32. The van der Waals surface area contributed by atoms with E-state index in [0.717, 1.165) is 21.6 Å². The van der Waals surface area contributed by atoms with Gasteiger partial charge in [0.2, 0.25) is 5.91 Å². The molecule has 2 heterocycles. The molecule has 0 aliphatic heterocycles. The first-order chi connectivity index (χ1) is 15.5. The minimum absolute atomic E-state index is 0.169. The molecule has 0 saturated heterocycles. The Hall–Kier alpha value is -2.76. The highest BCUT2D eigenvalue weighted by atomic mass is 16.4. The number of amides is 1. The number of hydrogen-bond acceptors (Lipinski definition) is 9. The lowest BCUT2D eigenvalue weighted by molar-refractivity contribution is -0.137. The number of furan rings is 1. The number of aryl methyl sites for hydroxylation is 3. The Morgan fingerprint density at radius 1 is 0.939 bits per heavy atom. The van der Waals surface area contributed by atoms with Gasteiger partial charge in [-0.2, -0.15) is 0 Å². The number of carbonyl (C=O) groups is 1. The van der Waals surface area contributed by atoms with E-state index in [0.29, 0.717) is 22.1 Å².